The van der Waals surface area contributed by atoms with Crippen LogP contribution in [0, 0.1) is 0 Å². The summed E-state index contributed by atoms with van der Waals surface area (Å²) in [6, 6.07) is 7.52. The largest absolute Gasteiger partial charge is 0.388 e. The van der Waals surface area contributed by atoms with Crippen LogP contribution in [0.15, 0.2) is 36.9 Å². The minimum absolute atomic E-state index is 0.0175. The summed E-state index contributed by atoms with van der Waals surface area (Å²) in [6.45, 7) is 6.75. The number of aliphatic hydroxyl groups is 1. The number of hydrogen-bond acceptors (Lipinski definition) is 3. The molecule has 0 bridgehead atoms. The number of carbonyl (C=O) groups is 1. The Balaban J connectivity index is 2.24. The van der Waals surface area contributed by atoms with Crippen molar-refractivity contribution in [2.45, 2.75) is 31.9 Å². The Morgan fingerprint density at radius 1 is 1.60 bits per heavy atom. The summed E-state index contributed by atoms with van der Waals surface area (Å²) >= 11 is 0. The van der Waals surface area contributed by atoms with Crippen molar-refractivity contribution in [2.24, 2.45) is 0 Å². The fourth-order valence-corrected chi connectivity index (χ4v) is 2.63. The highest BCUT2D eigenvalue weighted by atomic mass is 16.3. The van der Waals surface area contributed by atoms with Gasteiger partial charge in [0.25, 0.3) is 0 Å². The molecule has 20 heavy (non-hydrogen) atoms. The van der Waals surface area contributed by atoms with Gasteiger partial charge in [0.15, 0.2) is 0 Å². The zero-order valence-electron chi connectivity index (χ0n) is 11.9. The third kappa shape index (κ3) is 3.02. The molecule has 0 saturated heterocycles. The lowest BCUT2D eigenvalue weighted by Crippen LogP contribution is -2.45. The third-order valence-corrected chi connectivity index (χ3v) is 3.75. The van der Waals surface area contributed by atoms with Crippen LogP contribution in [0.25, 0.3) is 0 Å². The minimum atomic E-state index is -0.445. The van der Waals surface area contributed by atoms with Gasteiger partial charge >= 0.3 is 0 Å². The Bertz CT molecular complexity index is 487. The first-order valence-electron chi connectivity index (χ1n) is 7.07. The monoisotopic (exact) mass is 274 g/mol. The van der Waals surface area contributed by atoms with Crippen molar-refractivity contribution in [1.29, 1.82) is 0 Å². The highest BCUT2D eigenvalue weighted by Gasteiger charge is 2.27. The number of anilines is 1. The molecule has 4 nitrogen and oxygen atoms in total. The quantitative estimate of drug-likeness (QED) is 0.826. The number of hydrogen-bond donors (Lipinski definition) is 2. The highest BCUT2D eigenvalue weighted by Crippen LogP contribution is 2.33. The van der Waals surface area contributed by atoms with E-state index in [2.05, 4.69) is 16.8 Å². The lowest BCUT2D eigenvalue weighted by atomic mass is 10.0. The first kappa shape index (κ1) is 14.6. The molecule has 1 aliphatic heterocycles. The summed E-state index contributed by atoms with van der Waals surface area (Å²) in [5.41, 5.74) is 1.87. The van der Waals surface area contributed by atoms with Crippen LogP contribution in [0.2, 0.25) is 0 Å². The van der Waals surface area contributed by atoms with Gasteiger partial charge in [-0.2, -0.15) is 0 Å². The van der Waals surface area contributed by atoms with E-state index in [0.717, 1.165) is 30.6 Å². The highest BCUT2D eigenvalue weighted by molar-refractivity contribution is 5.85. The molecule has 0 aromatic heterocycles. The van der Waals surface area contributed by atoms with Gasteiger partial charge in [-0.15, -0.1) is 6.58 Å². The van der Waals surface area contributed by atoms with Crippen LogP contribution < -0.4 is 10.2 Å². The van der Waals surface area contributed by atoms with Crippen LogP contribution in [-0.2, 0) is 4.79 Å². The number of nitrogens with zero attached hydrogens (tertiary/aromatic N) is 1. The van der Waals surface area contributed by atoms with Crippen LogP contribution in [0.4, 0.5) is 5.69 Å². The fraction of sp³-hybridized carbons (Fsp3) is 0.438. The second-order valence-corrected chi connectivity index (χ2v) is 5.12. The van der Waals surface area contributed by atoms with Gasteiger partial charge in [0.1, 0.15) is 6.04 Å². The molecule has 0 fully saturated rings. The van der Waals surface area contributed by atoms with E-state index in [1.165, 1.54) is 0 Å². The standard InChI is InChI=1S/C16H22N2O2/c1-3-10-17-16(20)12(2)18-11-6-9-15(19)13-7-4-5-8-14(13)18/h3-5,7-8,12,15,19H,1,6,9-11H2,2H3,(H,17,20). The molecule has 0 aliphatic carbocycles. The molecule has 2 atom stereocenters. The van der Waals surface area contributed by atoms with Crippen molar-refractivity contribution in [3.05, 3.63) is 42.5 Å². The Morgan fingerprint density at radius 3 is 3.10 bits per heavy atom. The van der Waals surface area contributed by atoms with Gasteiger partial charge in [0.2, 0.25) is 5.91 Å². The number of benzene rings is 1. The van der Waals surface area contributed by atoms with E-state index >= 15 is 0 Å². The average molecular weight is 274 g/mol. The van der Waals surface area contributed by atoms with Crippen molar-refractivity contribution in [1.82, 2.24) is 5.32 Å². The summed E-state index contributed by atoms with van der Waals surface area (Å²) in [5.74, 6) is -0.0175. The Labute approximate surface area is 120 Å². The van der Waals surface area contributed by atoms with Gasteiger partial charge in [-0.1, -0.05) is 24.3 Å². The van der Waals surface area contributed by atoms with E-state index in [0.29, 0.717) is 6.54 Å². The number of aliphatic hydroxyl groups excluding tert-OH is 1. The van der Waals surface area contributed by atoms with Crippen LogP contribution in [0.3, 0.4) is 0 Å². The first-order chi connectivity index (χ1) is 9.65. The summed E-state index contributed by atoms with van der Waals surface area (Å²) < 4.78 is 0. The third-order valence-electron chi connectivity index (χ3n) is 3.75. The molecule has 0 radical (unpaired) electrons. The normalized spacial score (nSPS) is 19.7. The summed E-state index contributed by atoms with van der Waals surface area (Å²) in [6.07, 6.45) is 2.83. The summed E-state index contributed by atoms with van der Waals surface area (Å²) in [4.78, 5) is 14.2. The van der Waals surface area contributed by atoms with Crippen LogP contribution in [-0.4, -0.2) is 30.1 Å². The van der Waals surface area contributed by atoms with Gasteiger partial charge in [0.05, 0.1) is 6.10 Å². The Kier molecular flexibility index (Phi) is 4.79. The Morgan fingerprint density at radius 2 is 2.35 bits per heavy atom. The number of rotatable bonds is 4. The van der Waals surface area contributed by atoms with Gasteiger partial charge in [0, 0.05) is 24.3 Å². The van der Waals surface area contributed by atoms with Crippen molar-refractivity contribution in [2.75, 3.05) is 18.0 Å². The molecule has 1 heterocycles. The van der Waals surface area contributed by atoms with Gasteiger partial charge < -0.3 is 15.3 Å². The maximum absolute atomic E-state index is 12.1. The molecule has 1 aliphatic rings. The molecule has 2 unspecified atom stereocenters. The van der Waals surface area contributed by atoms with E-state index in [1.54, 1.807) is 6.08 Å². The van der Waals surface area contributed by atoms with Crippen LogP contribution in [0.5, 0.6) is 0 Å². The molecule has 1 aromatic rings. The smallest absolute Gasteiger partial charge is 0.242 e. The molecule has 0 spiro atoms. The van der Waals surface area contributed by atoms with Crippen molar-refractivity contribution >= 4 is 11.6 Å². The molecule has 0 saturated carbocycles. The second kappa shape index (κ2) is 6.57. The van der Waals surface area contributed by atoms with E-state index in [4.69, 9.17) is 0 Å². The second-order valence-electron chi connectivity index (χ2n) is 5.12. The number of carbonyl (C=O) groups excluding carboxylic acids is 1. The van der Waals surface area contributed by atoms with Gasteiger partial charge in [-0.05, 0) is 25.8 Å². The van der Waals surface area contributed by atoms with Crippen molar-refractivity contribution < 1.29 is 9.90 Å². The average Bonchev–Trinajstić information content (AvgIpc) is 2.64. The first-order valence-corrected chi connectivity index (χ1v) is 7.07. The molecular weight excluding hydrogens is 252 g/mol. The molecule has 2 rings (SSSR count). The Hall–Kier alpha value is -1.81. The van der Waals surface area contributed by atoms with Gasteiger partial charge in [-0.25, -0.2) is 0 Å². The van der Waals surface area contributed by atoms with Crippen molar-refractivity contribution in [3.8, 4) is 0 Å². The molecule has 1 aromatic carbocycles. The minimum Gasteiger partial charge on any atom is -0.388 e. The van der Waals surface area contributed by atoms with Gasteiger partial charge in [-0.3, -0.25) is 4.79 Å². The topological polar surface area (TPSA) is 52.6 Å². The lowest BCUT2D eigenvalue weighted by molar-refractivity contribution is -0.121. The summed E-state index contributed by atoms with van der Waals surface area (Å²) in [5, 5.41) is 13.0. The summed E-state index contributed by atoms with van der Waals surface area (Å²) in [7, 11) is 0. The number of fused-ring (bicyclic) bond motifs is 1. The molecule has 108 valence electrons. The predicted octanol–water partition coefficient (Wildman–Crippen LogP) is 2.01. The SMILES string of the molecule is C=CCNC(=O)C(C)N1CCCC(O)c2ccccc21. The lowest BCUT2D eigenvalue weighted by Gasteiger charge is -2.30. The zero-order valence-corrected chi connectivity index (χ0v) is 11.9. The molecule has 1 amide bonds. The van der Waals surface area contributed by atoms with E-state index in [9.17, 15) is 9.90 Å². The molecule has 2 N–H and O–H groups in total. The zero-order chi connectivity index (χ0) is 14.5. The molecule has 4 heteroatoms. The van der Waals surface area contributed by atoms with Crippen LogP contribution in [0.1, 0.15) is 31.4 Å². The molecular formula is C16H22N2O2. The van der Waals surface area contributed by atoms with E-state index in [-0.39, 0.29) is 11.9 Å². The van der Waals surface area contributed by atoms with E-state index < -0.39 is 6.10 Å². The number of nitrogens with one attached hydrogen (secondary N) is 1. The van der Waals surface area contributed by atoms with Crippen molar-refractivity contribution in [3.63, 3.8) is 0 Å². The number of amides is 1. The van der Waals surface area contributed by atoms with E-state index in [1.807, 2.05) is 31.2 Å². The maximum atomic E-state index is 12.1. The predicted molar refractivity (Wildman–Crippen MR) is 80.7 cm³/mol. The number of para-hydroxylation sites is 1. The van der Waals surface area contributed by atoms with Crippen LogP contribution >= 0.6 is 0 Å². The maximum Gasteiger partial charge on any atom is 0.242 e. The fourth-order valence-electron chi connectivity index (χ4n) is 2.63.